The van der Waals surface area contributed by atoms with Crippen LogP contribution in [0.2, 0.25) is 0 Å². The molecular formula is C26H29N. The maximum atomic E-state index is 4.96. The van der Waals surface area contributed by atoms with E-state index in [0.29, 0.717) is 0 Å². The summed E-state index contributed by atoms with van der Waals surface area (Å²) >= 11 is 0. The SMILES string of the molecule is C/C=C(\C=NC1CC(c2ccccc2CC)=CC=C1C)c1ccc(C)cc1. The van der Waals surface area contributed by atoms with Crippen molar-refractivity contribution in [2.24, 2.45) is 4.99 Å². The first kappa shape index (κ1) is 19.1. The number of aryl methyl sites for hydroxylation is 2. The van der Waals surface area contributed by atoms with Crippen LogP contribution in [0, 0.1) is 6.92 Å². The fraction of sp³-hybridized carbons (Fsp3) is 0.269. The van der Waals surface area contributed by atoms with Crippen LogP contribution in [0.5, 0.6) is 0 Å². The molecule has 0 aliphatic heterocycles. The van der Waals surface area contributed by atoms with Gasteiger partial charge in [0, 0.05) is 6.21 Å². The van der Waals surface area contributed by atoms with Crippen LogP contribution < -0.4 is 0 Å². The van der Waals surface area contributed by atoms with Crippen LogP contribution in [-0.4, -0.2) is 12.3 Å². The zero-order valence-electron chi connectivity index (χ0n) is 16.9. The van der Waals surface area contributed by atoms with Gasteiger partial charge in [0.25, 0.3) is 0 Å². The lowest BCUT2D eigenvalue weighted by Crippen LogP contribution is -2.12. The zero-order chi connectivity index (χ0) is 19.2. The largest absolute Gasteiger partial charge is 0.284 e. The molecule has 2 aromatic carbocycles. The van der Waals surface area contributed by atoms with Gasteiger partial charge in [-0.15, -0.1) is 0 Å². The molecule has 0 spiro atoms. The quantitative estimate of drug-likeness (QED) is 0.521. The van der Waals surface area contributed by atoms with Crippen molar-refractivity contribution in [3.63, 3.8) is 0 Å². The summed E-state index contributed by atoms with van der Waals surface area (Å²) in [4.78, 5) is 4.96. The number of hydrogen-bond donors (Lipinski definition) is 0. The minimum atomic E-state index is 0.204. The summed E-state index contributed by atoms with van der Waals surface area (Å²) in [6, 6.07) is 17.6. The van der Waals surface area contributed by atoms with Crippen LogP contribution >= 0.6 is 0 Å². The van der Waals surface area contributed by atoms with Crippen LogP contribution in [0.3, 0.4) is 0 Å². The zero-order valence-corrected chi connectivity index (χ0v) is 16.9. The Hall–Kier alpha value is -2.67. The van der Waals surface area contributed by atoms with E-state index in [-0.39, 0.29) is 6.04 Å². The molecule has 1 aliphatic carbocycles. The molecule has 0 bridgehead atoms. The number of aliphatic imine (C=N–C) groups is 1. The maximum Gasteiger partial charge on any atom is 0.0750 e. The van der Waals surface area contributed by atoms with Crippen LogP contribution in [0.1, 0.15) is 49.4 Å². The molecule has 2 aromatic rings. The van der Waals surface area contributed by atoms with Gasteiger partial charge >= 0.3 is 0 Å². The predicted molar refractivity (Wildman–Crippen MR) is 119 cm³/mol. The Bertz CT molecular complexity index is 907. The van der Waals surface area contributed by atoms with Gasteiger partial charge in [0.05, 0.1) is 6.04 Å². The Kier molecular flexibility index (Phi) is 6.24. The minimum absolute atomic E-state index is 0.204. The lowest BCUT2D eigenvalue weighted by atomic mass is 9.87. The third-order valence-corrected chi connectivity index (χ3v) is 5.32. The summed E-state index contributed by atoms with van der Waals surface area (Å²) in [5.41, 5.74) is 9.16. The molecule has 0 N–H and O–H groups in total. The monoisotopic (exact) mass is 355 g/mol. The summed E-state index contributed by atoms with van der Waals surface area (Å²) in [7, 11) is 0. The third kappa shape index (κ3) is 4.54. The molecular weight excluding hydrogens is 326 g/mol. The van der Waals surface area contributed by atoms with Gasteiger partial charge in [-0.2, -0.15) is 0 Å². The molecule has 0 amide bonds. The average molecular weight is 356 g/mol. The second-order valence-corrected chi connectivity index (χ2v) is 7.22. The molecule has 1 aliphatic rings. The standard InChI is InChI=1S/C26H29N/c1-5-21-9-7-8-10-25(21)24-16-13-20(4)26(17-24)27-18-22(6-2)23-14-11-19(3)12-15-23/h6-16,18,26H,5,17H2,1-4H3/b22-6+,27-18?. The lowest BCUT2D eigenvalue weighted by molar-refractivity contribution is 0.791. The van der Waals surface area contributed by atoms with Crippen molar-refractivity contribution in [3.8, 4) is 0 Å². The van der Waals surface area contributed by atoms with Crippen molar-refractivity contribution >= 4 is 17.4 Å². The number of hydrogen-bond acceptors (Lipinski definition) is 1. The van der Waals surface area contributed by atoms with E-state index in [4.69, 9.17) is 4.99 Å². The van der Waals surface area contributed by atoms with E-state index >= 15 is 0 Å². The summed E-state index contributed by atoms with van der Waals surface area (Å²) in [6.45, 7) is 8.60. The normalized spacial score (nSPS) is 17.8. The number of nitrogens with zero attached hydrogens (tertiary/aromatic N) is 1. The number of rotatable bonds is 5. The van der Waals surface area contributed by atoms with Crippen molar-refractivity contribution in [3.05, 3.63) is 94.6 Å². The van der Waals surface area contributed by atoms with Gasteiger partial charge in [-0.05, 0) is 67.0 Å². The highest BCUT2D eigenvalue weighted by atomic mass is 14.8. The average Bonchev–Trinajstić information content (AvgIpc) is 2.71. The van der Waals surface area contributed by atoms with Gasteiger partial charge in [0.1, 0.15) is 0 Å². The molecule has 1 heteroatoms. The molecule has 1 atom stereocenters. The summed E-state index contributed by atoms with van der Waals surface area (Å²) in [5, 5.41) is 0. The minimum Gasteiger partial charge on any atom is -0.284 e. The molecule has 0 saturated heterocycles. The third-order valence-electron chi connectivity index (χ3n) is 5.32. The van der Waals surface area contributed by atoms with Crippen LogP contribution in [-0.2, 0) is 6.42 Å². The number of allylic oxidation sites excluding steroid dienone is 4. The van der Waals surface area contributed by atoms with Crippen LogP contribution in [0.15, 0.2) is 77.3 Å². The second-order valence-electron chi connectivity index (χ2n) is 7.22. The molecule has 1 nitrogen and oxygen atoms in total. The highest BCUT2D eigenvalue weighted by Gasteiger charge is 2.17. The Morgan fingerprint density at radius 3 is 2.48 bits per heavy atom. The Morgan fingerprint density at radius 1 is 1.04 bits per heavy atom. The summed E-state index contributed by atoms with van der Waals surface area (Å²) in [6.07, 6.45) is 10.7. The fourth-order valence-electron chi connectivity index (χ4n) is 3.52. The Morgan fingerprint density at radius 2 is 1.78 bits per heavy atom. The predicted octanol–water partition coefficient (Wildman–Crippen LogP) is 6.83. The molecule has 0 saturated carbocycles. The van der Waals surface area contributed by atoms with E-state index in [1.54, 1.807) is 0 Å². The van der Waals surface area contributed by atoms with Gasteiger partial charge in [0.2, 0.25) is 0 Å². The van der Waals surface area contributed by atoms with E-state index in [1.165, 1.54) is 39.0 Å². The molecule has 3 rings (SSSR count). The maximum absolute atomic E-state index is 4.96. The molecule has 1 unspecified atom stereocenters. The topological polar surface area (TPSA) is 12.4 Å². The molecule has 0 heterocycles. The van der Waals surface area contributed by atoms with E-state index < -0.39 is 0 Å². The smallest absolute Gasteiger partial charge is 0.0750 e. The van der Waals surface area contributed by atoms with Gasteiger partial charge in [0.15, 0.2) is 0 Å². The number of benzene rings is 2. The van der Waals surface area contributed by atoms with Crippen molar-refractivity contribution in [2.45, 2.75) is 46.6 Å². The van der Waals surface area contributed by atoms with Crippen LogP contribution in [0.4, 0.5) is 0 Å². The van der Waals surface area contributed by atoms with E-state index in [9.17, 15) is 0 Å². The Balaban J connectivity index is 1.81. The highest BCUT2D eigenvalue weighted by Crippen LogP contribution is 2.31. The van der Waals surface area contributed by atoms with Crippen molar-refractivity contribution in [2.75, 3.05) is 0 Å². The van der Waals surface area contributed by atoms with E-state index in [1.807, 2.05) is 6.21 Å². The molecule has 27 heavy (non-hydrogen) atoms. The van der Waals surface area contributed by atoms with Crippen molar-refractivity contribution in [1.29, 1.82) is 0 Å². The lowest BCUT2D eigenvalue weighted by Gasteiger charge is -2.21. The van der Waals surface area contributed by atoms with Gasteiger partial charge in [-0.25, -0.2) is 0 Å². The summed E-state index contributed by atoms with van der Waals surface area (Å²) < 4.78 is 0. The highest BCUT2D eigenvalue weighted by molar-refractivity contribution is 6.09. The van der Waals surface area contributed by atoms with Gasteiger partial charge in [-0.3, -0.25) is 4.99 Å². The molecule has 0 radical (unpaired) electrons. The van der Waals surface area contributed by atoms with Gasteiger partial charge < -0.3 is 0 Å². The Labute approximate surface area is 163 Å². The summed E-state index contributed by atoms with van der Waals surface area (Å²) in [5.74, 6) is 0. The first-order valence-electron chi connectivity index (χ1n) is 9.84. The molecule has 0 aromatic heterocycles. The van der Waals surface area contributed by atoms with Crippen molar-refractivity contribution < 1.29 is 0 Å². The molecule has 0 fully saturated rings. The van der Waals surface area contributed by atoms with Gasteiger partial charge in [-0.1, -0.05) is 79.2 Å². The fourth-order valence-corrected chi connectivity index (χ4v) is 3.52. The van der Waals surface area contributed by atoms with E-state index in [2.05, 4.69) is 94.5 Å². The first-order valence-corrected chi connectivity index (χ1v) is 9.84. The van der Waals surface area contributed by atoms with Crippen molar-refractivity contribution in [1.82, 2.24) is 0 Å². The first-order chi connectivity index (χ1) is 13.1. The van der Waals surface area contributed by atoms with Crippen LogP contribution in [0.25, 0.3) is 11.1 Å². The second kappa shape index (κ2) is 8.81. The molecule has 138 valence electrons. The van der Waals surface area contributed by atoms with E-state index in [0.717, 1.165) is 12.8 Å².